The van der Waals surface area contributed by atoms with Crippen LogP contribution in [0, 0.1) is 0 Å². The van der Waals surface area contributed by atoms with Crippen molar-refractivity contribution in [3.05, 3.63) is 59.7 Å². The highest BCUT2D eigenvalue weighted by Crippen LogP contribution is 2.27. The fraction of sp³-hybridized carbons (Fsp3) is 0.350. The zero-order chi connectivity index (χ0) is 18.2. The Morgan fingerprint density at radius 3 is 2.36 bits per heavy atom. The molecule has 2 aromatic carbocycles. The zero-order valence-corrected chi connectivity index (χ0v) is 15.3. The molecule has 0 saturated heterocycles. The van der Waals surface area contributed by atoms with Gasteiger partial charge in [-0.25, -0.2) is 0 Å². The molecule has 0 radical (unpaired) electrons. The first-order valence-corrected chi connectivity index (χ1v) is 8.37. The molecule has 2 aromatic rings. The maximum Gasteiger partial charge on any atom is 0.255 e. The van der Waals surface area contributed by atoms with Crippen LogP contribution in [0.2, 0.25) is 0 Å². The first-order chi connectivity index (χ1) is 12.1. The van der Waals surface area contributed by atoms with E-state index in [2.05, 4.69) is 10.2 Å². The van der Waals surface area contributed by atoms with Gasteiger partial charge in [0.2, 0.25) is 0 Å². The van der Waals surface area contributed by atoms with Gasteiger partial charge < -0.3 is 19.7 Å². The van der Waals surface area contributed by atoms with Crippen LogP contribution < -0.4 is 14.8 Å². The molecule has 25 heavy (non-hydrogen) atoms. The normalized spacial score (nSPS) is 11.9. The van der Waals surface area contributed by atoms with Crippen LogP contribution in [0.1, 0.15) is 28.9 Å². The number of nitrogens with one attached hydrogen (secondary N) is 1. The topological polar surface area (TPSA) is 50.8 Å². The monoisotopic (exact) mass is 342 g/mol. The summed E-state index contributed by atoms with van der Waals surface area (Å²) in [4.78, 5) is 14.7. The average Bonchev–Trinajstić information content (AvgIpc) is 2.62. The summed E-state index contributed by atoms with van der Waals surface area (Å²) in [5.74, 6) is 1.26. The third-order valence-electron chi connectivity index (χ3n) is 4.01. The molecule has 0 aliphatic carbocycles. The highest BCUT2D eigenvalue weighted by molar-refractivity contribution is 5.96. The second kappa shape index (κ2) is 9.08. The van der Waals surface area contributed by atoms with Crippen LogP contribution in [-0.2, 0) is 0 Å². The van der Waals surface area contributed by atoms with Crippen molar-refractivity contribution in [1.82, 2.24) is 10.2 Å². The van der Waals surface area contributed by atoms with E-state index in [-0.39, 0.29) is 11.9 Å². The molecular weight excluding hydrogens is 316 g/mol. The highest BCUT2D eigenvalue weighted by atomic mass is 16.5. The van der Waals surface area contributed by atoms with Crippen molar-refractivity contribution in [2.45, 2.75) is 13.0 Å². The van der Waals surface area contributed by atoms with Crippen molar-refractivity contribution in [2.75, 3.05) is 34.4 Å². The number of carbonyl (C=O) groups excluding carboxylic acids is 1. The molecule has 1 amide bonds. The number of rotatable bonds is 8. The van der Waals surface area contributed by atoms with Gasteiger partial charge in [-0.2, -0.15) is 0 Å². The van der Waals surface area contributed by atoms with Crippen LogP contribution in [0.3, 0.4) is 0 Å². The number of benzene rings is 2. The summed E-state index contributed by atoms with van der Waals surface area (Å²) in [6, 6.07) is 15.1. The lowest BCUT2D eigenvalue weighted by atomic mass is 10.0. The Labute approximate surface area is 149 Å². The number of hydrogen-bond acceptors (Lipinski definition) is 4. The number of carbonyl (C=O) groups is 1. The predicted molar refractivity (Wildman–Crippen MR) is 99.4 cm³/mol. The third kappa shape index (κ3) is 4.73. The van der Waals surface area contributed by atoms with Crippen LogP contribution in [0.25, 0.3) is 0 Å². The standard InChI is InChI=1S/C20H26N2O3/c1-5-25-19-13-9-7-11-16(19)20(23)21-14-17(22(2)3)15-10-6-8-12-18(15)24-4/h6-13,17H,5,14H2,1-4H3,(H,21,23)/t17-/m1/s1. The van der Waals surface area contributed by atoms with E-state index in [1.807, 2.05) is 63.5 Å². The molecule has 5 heteroatoms. The van der Waals surface area contributed by atoms with Gasteiger partial charge in [0.1, 0.15) is 11.5 Å². The number of likely N-dealkylation sites (N-methyl/N-ethyl adjacent to an activating group) is 1. The molecule has 1 N–H and O–H groups in total. The quantitative estimate of drug-likeness (QED) is 0.801. The van der Waals surface area contributed by atoms with E-state index in [9.17, 15) is 4.79 Å². The smallest absolute Gasteiger partial charge is 0.255 e. The first-order valence-electron chi connectivity index (χ1n) is 8.37. The van der Waals surface area contributed by atoms with Crippen molar-refractivity contribution >= 4 is 5.91 Å². The van der Waals surface area contributed by atoms with Crippen LogP contribution in [0.15, 0.2) is 48.5 Å². The lowest BCUT2D eigenvalue weighted by molar-refractivity contribution is 0.0937. The molecule has 134 valence electrons. The number of para-hydroxylation sites is 2. The van der Waals surface area contributed by atoms with E-state index >= 15 is 0 Å². The number of methoxy groups -OCH3 is 1. The van der Waals surface area contributed by atoms with Crippen molar-refractivity contribution in [3.8, 4) is 11.5 Å². The maximum atomic E-state index is 12.6. The molecule has 0 bridgehead atoms. The van der Waals surface area contributed by atoms with Crippen molar-refractivity contribution < 1.29 is 14.3 Å². The Bertz CT molecular complexity index is 701. The van der Waals surface area contributed by atoms with Crippen molar-refractivity contribution in [2.24, 2.45) is 0 Å². The van der Waals surface area contributed by atoms with E-state index in [0.717, 1.165) is 11.3 Å². The molecule has 5 nitrogen and oxygen atoms in total. The fourth-order valence-electron chi connectivity index (χ4n) is 2.73. The minimum atomic E-state index is -0.147. The Morgan fingerprint density at radius 2 is 1.72 bits per heavy atom. The Kier molecular flexibility index (Phi) is 6.83. The van der Waals surface area contributed by atoms with Crippen LogP contribution in [0.4, 0.5) is 0 Å². The predicted octanol–water partition coefficient (Wildman–Crippen LogP) is 3.13. The van der Waals surface area contributed by atoms with Gasteiger partial charge in [-0.1, -0.05) is 30.3 Å². The van der Waals surface area contributed by atoms with Gasteiger partial charge in [0.05, 0.1) is 25.3 Å². The Morgan fingerprint density at radius 1 is 1.08 bits per heavy atom. The molecule has 0 aliphatic heterocycles. The summed E-state index contributed by atoms with van der Waals surface area (Å²) in [6.07, 6.45) is 0. The molecule has 0 aliphatic rings. The van der Waals surface area contributed by atoms with E-state index in [1.165, 1.54) is 0 Å². The number of hydrogen-bond donors (Lipinski definition) is 1. The zero-order valence-electron chi connectivity index (χ0n) is 15.3. The van der Waals surface area contributed by atoms with Crippen LogP contribution in [-0.4, -0.2) is 45.2 Å². The second-order valence-electron chi connectivity index (χ2n) is 5.86. The molecule has 0 unspecified atom stereocenters. The summed E-state index contributed by atoms with van der Waals surface area (Å²) in [5.41, 5.74) is 1.58. The van der Waals surface area contributed by atoms with Crippen molar-refractivity contribution in [1.29, 1.82) is 0 Å². The third-order valence-corrected chi connectivity index (χ3v) is 4.01. The van der Waals surface area contributed by atoms with Gasteiger partial charge in [-0.3, -0.25) is 4.79 Å². The Balaban J connectivity index is 2.15. The first kappa shape index (κ1) is 18.8. The minimum Gasteiger partial charge on any atom is -0.496 e. The summed E-state index contributed by atoms with van der Waals surface area (Å²) in [7, 11) is 5.62. The molecular formula is C20H26N2O3. The fourth-order valence-corrected chi connectivity index (χ4v) is 2.73. The summed E-state index contributed by atoms with van der Waals surface area (Å²) < 4.78 is 11.0. The molecule has 2 rings (SSSR count). The van der Waals surface area contributed by atoms with Gasteiger partial charge >= 0.3 is 0 Å². The molecule has 0 fully saturated rings. The molecule has 0 saturated carbocycles. The summed E-state index contributed by atoms with van der Waals surface area (Å²) >= 11 is 0. The molecule has 0 heterocycles. The maximum absolute atomic E-state index is 12.6. The Hall–Kier alpha value is -2.53. The summed E-state index contributed by atoms with van der Waals surface area (Å²) in [6.45, 7) is 2.89. The number of nitrogens with zero attached hydrogens (tertiary/aromatic N) is 1. The average molecular weight is 342 g/mol. The van der Waals surface area contributed by atoms with Gasteiger partial charge in [-0.05, 0) is 39.2 Å². The minimum absolute atomic E-state index is 0.000597. The highest BCUT2D eigenvalue weighted by Gasteiger charge is 2.20. The van der Waals surface area contributed by atoms with Gasteiger partial charge in [0.15, 0.2) is 0 Å². The van der Waals surface area contributed by atoms with Gasteiger partial charge in [-0.15, -0.1) is 0 Å². The SMILES string of the molecule is CCOc1ccccc1C(=O)NC[C@H](c1ccccc1OC)N(C)C. The van der Waals surface area contributed by atoms with E-state index in [0.29, 0.717) is 24.5 Å². The molecule has 1 atom stereocenters. The summed E-state index contributed by atoms with van der Waals surface area (Å²) in [5, 5.41) is 3.01. The lowest BCUT2D eigenvalue weighted by Gasteiger charge is -2.26. The largest absolute Gasteiger partial charge is 0.496 e. The van der Waals surface area contributed by atoms with Crippen molar-refractivity contribution in [3.63, 3.8) is 0 Å². The number of amides is 1. The van der Waals surface area contributed by atoms with Gasteiger partial charge in [0, 0.05) is 12.1 Å². The molecule has 0 aromatic heterocycles. The lowest BCUT2D eigenvalue weighted by Crippen LogP contribution is -2.35. The second-order valence-corrected chi connectivity index (χ2v) is 5.86. The van der Waals surface area contributed by atoms with E-state index in [1.54, 1.807) is 13.2 Å². The molecule has 0 spiro atoms. The van der Waals surface area contributed by atoms with Crippen LogP contribution in [0.5, 0.6) is 11.5 Å². The van der Waals surface area contributed by atoms with E-state index in [4.69, 9.17) is 9.47 Å². The van der Waals surface area contributed by atoms with Crippen LogP contribution >= 0.6 is 0 Å². The van der Waals surface area contributed by atoms with Gasteiger partial charge in [0.25, 0.3) is 5.91 Å². The number of ether oxygens (including phenoxy) is 2. The van der Waals surface area contributed by atoms with E-state index < -0.39 is 0 Å².